The molecule has 2 amide bonds. The molecule has 3 atom stereocenters. The van der Waals surface area contributed by atoms with Crippen molar-refractivity contribution in [1.82, 2.24) is 14.8 Å². The predicted octanol–water partition coefficient (Wildman–Crippen LogP) is 1.62. The summed E-state index contributed by atoms with van der Waals surface area (Å²) >= 11 is 0. The van der Waals surface area contributed by atoms with E-state index in [1.807, 2.05) is 34.9 Å². The van der Waals surface area contributed by atoms with Gasteiger partial charge >= 0.3 is 0 Å². The molecule has 5 rings (SSSR count). The number of ether oxygens (including phenoxy) is 1. The van der Waals surface area contributed by atoms with Crippen molar-refractivity contribution in [2.45, 2.75) is 32.7 Å². The number of amides is 2. The number of aromatic nitrogens is 1. The van der Waals surface area contributed by atoms with Gasteiger partial charge in [0.1, 0.15) is 0 Å². The van der Waals surface area contributed by atoms with Gasteiger partial charge in [0.05, 0.1) is 25.5 Å². The number of carbonyl (C=O) groups is 2. The van der Waals surface area contributed by atoms with Crippen molar-refractivity contribution < 1.29 is 14.3 Å². The molecule has 4 fully saturated rings. The van der Waals surface area contributed by atoms with Crippen LogP contribution in [0.3, 0.4) is 0 Å². The Bertz CT molecular complexity index is 762. The molecule has 1 saturated carbocycles. The molecule has 1 aromatic rings. The number of carbonyl (C=O) groups excluding carboxylic acids is 2. The van der Waals surface area contributed by atoms with Gasteiger partial charge in [-0.3, -0.25) is 14.6 Å². The molecule has 0 radical (unpaired) electrons. The molecule has 27 heavy (non-hydrogen) atoms. The number of nitrogens with zero attached hydrogens (tertiary/aromatic N) is 3. The lowest BCUT2D eigenvalue weighted by molar-refractivity contribution is -0.136. The third kappa shape index (κ3) is 3.04. The van der Waals surface area contributed by atoms with Crippen LogP contribution in [0.1, 0.15) is 30.7 Å². The molecule has 0 aromatic carbocycles. The molecule has 4 aliphatic rings. The highest BCUT2D eigenvalue weighted by Crippen LogP contribution is 2.52. The van der Waals surface area contributed by atoms with Gasteiger partial charge in [-0.05, 0) is 43.7 Å². The molecule has 4 heterocycles. The Morgan fingerprint density at radius 1 is 1.26 bits per heavy atom. The summed E-state index contributed by atoms with van der Waals surface area (Å²) in [6.45, 7) is 6.47. The number of likely N-dealkylation sites (tertiary alicyclic amines) is 2. The molecule has 3 saturated heterocycles. The van der Waals surface area contributed by atoms with Crippen molar-refractivity contribution in [2.24, 2.45) is 23.2 Å². The first-order valence-corrected chi connectivity index (χ1v) is 10.1. The molecular weight excluding hydrogens is 342 g/mol. The van der Waals surface area contributed by atoms with Crippen LogP contribution in [-0.2, 0) is 20.9 Å². The molecule has 1 aromatic heterocycles. The van der Waals surface area contributed by atoms with E-state index in [0.29, 0.717) is 30.7 Å². The lowest BCUT2D eigenvalue weighted by atomic mass is 9.77. The number of fused-ring (bicyclic) bond motifs is 1. The fraction of sp³-hybridized carbons (Fsp3) is 0.667. The summed E-state index contributed by atoms with van der Waals surface area (Å²) in [5.74, 6) is 1.71. The number of pyridine rings is 1. The second-order valence-corrected chi connectivity index (χ2v) is 8.91. The Balaban J connectivity index is 1.19. The third-order valence-electron chi connectivity index (χ3n) is 7.08. The Kier molecular flexibility index (Phi) is 4.00. The maximum Gasteiger partial charge on any atom is 0.226 e. The summed E-state index contributed by atoms with van der Waals surface area (Å²) in [7, 11) is 0. The first-order chi connectivity index (χ1) is 13.0. The summed E-state index contributed by atoms with van der Waals surface area (Å²) in [6.07, 6.45) is 2.48. The Hall–Kier alpha value is -1.95. The van der Waals surface area contributed by atoms with E-state index in [9.17, 15) is 9.59 Å². The number of rotatable bonds is 3. The van der Waals surface area contributed by atoms with Crippen LogP contribution < -0.4 is 0 Å². The lowest BCUT2D eigenvalue weighted by Gasteiger charge is -2.39. The number of aryl methyl sites for hydroxylation is 1. The lowest BCUT2D eigenvalue weighted by Crippen LogP contribution is -2.45. The van der Waals surface area contributed by atoms with E-state index in [1.165, 1.54) is 0 Å². The average molecular weight is 369 g/mol. The van der Waals surface area contributed by atoms with Crippen molar-refractivity contribution >= 4 is 11.8 Å². The van der Waals surface area contributed by atoms with Crippen LogP contribution in [-0.4, -0.2) is 59.4 Å². The second kappa shape index (κ2) is 6.30. The van der Waals surface area contributed by atoms with Crippen molar-refractivity contribution in [1.29, 1.82) is 0 Å². The normalized spacial score (nSPS) is 31.4. The van der Waals surface area contributed by atoms with Crippen molar-refractivity contribution in [3.63, 3.8) is 0 Å². The van der Waals surface area contributed by atoms with Gasteiger partial charge in [-0.15, -0.1) is 0 Å². The minimum Gasteiger partial charge on any atom is -0.381 e. The van der Waals surface area contributed by atoms with Crippen molar-refractivity contribution in [2.75, 3.05) is 32.8 Å². The van der Waals surface area contributed by atoms with Crippen LogP contribution in [0, 0.1) is 30.1 Å². The fourth-order valence-electron chi connectivity index (χ4n) is 5.36. The summed E-state index contributed by atoms with van der Waals surface area (Å²) in [4.78, 5) is 33.9. The standard InChI is InChI=1S/C21H27N3O3/c1-14-3-2-4-15(22-14)10-24-13-21(9-18(24)25)5-7-23(8-6-21)20(26)19-16-11-27-12-17(16)19/h2-4,16-17,19H,5-13H2,1H3/t16-,17+,19?. The zero-order valence-corrected chi connectivity index (χ0v) is 15.9. The summed E-state index contributed by atoms with van der Waals surface area (Å²) in [5, 5.41) is 0. The SMILES string of the molecule is Cc1cccc(CN2CC3(CCN(C(=O)C4[C@H]5COC[C@@H]45)CC3)CC2=O)n1. The number of piperidine rings is 1. The van der Waals surface area contributed by atoms with E-state index < -0.39 is 0 Å². The van der Waals surface area contributed by atoms with Crippen LogP contribution in [0.25, 0.3) is 0 Å². The van der Waals surface area contributed by atoms with Gasteiger partial charge in [0.15, 0.2) is 0 Å². The maximum atomic E-state index is 12.8. The van der Waals surface area contributed by atoms with Gasteiger partial charge < -0.3 is 14.5 Å². The highest BCUT2D eigenvalue weighted by Gasteiger charge is 2.59. The smallest absolute Gasteiger partial charge is 0.226 e. The Morgan fingerprint density at radius 2 is 2.00 bits per heavy atom. The first kappa shape index (κ1) is 17.2. The van der Waals surface area contributed by atoms with Crippen molar-refractivity contribution in [3.8, 4) is 0 Å². The second-order valence-electron chi connectivity index (χ2n) is 8.91. The molecule has 1 aliphatic carbocycles. The predicted molar refractivity (Wildman–Crippen MR) is 98.5 cm³/mol. The topological polar surface area (TPSA) is 62.7 Å². The molecule has 6 nitrogen and oxygen atoms in total. The highest BCUT2D eigenvalue weighted by atomic mass is 16.5. The van der Waals surface area contributed by atoms with Gasteiger partial charge in [0.25, 0.3) is 0 Å². The molecule has 0 bridgehead atoms. The molecule has 0 N–H and O–H groups in total. The summed E-state index contributed by atoms with van der Waals surface area (Å²) < 4.78 is 5.41. The van der Waals surface area contributed by atoms with E-state index in [2.05, 4.69) is 4.98 Å². The van der Waals surface area contributed by atoms with Crippen LogP contribution in [0.4, 0.5) is 0 Å². The number of hydrogen-bond donors (Lipinski definition) is 0. The van der Waals surface area contributed by atoms with Crippen LogP contribution in [0.2, 0.25) is 0 Å². The minimum absolute atomic E-state index is 0.0419. The molecule has 6 heteroatoms. The zero-order valence-electron chi connectivity index (χ0n) is 15.9. The largest absolute Gasteiger partial charge is 0.381 e. The van der Waals surface area contributed by atoms with Crippen LogP contribution in [0.15, 0.2) is 18.2 Å². The van der Waals surface area contributed by atoms with Gasteiger partial charge in [-0.25, -0.2) is 0 Å². The van der Waals surface area contributed by atoms with Crippen LogP contribution in [0.5, 0.6) is 0 Å². The van der Waals surface area contributed by atoms with E-state index in [0.717, 1.165) is 57.1 Å². The Labute approximate surface area is 159 Å². The van der Waals surface area contributed by atoms with Gasteiger partial charge in [-0.2, -0.15) is 0 Å². The summed E-state index contributed by atoms with van der Waals surface area (Å²) in [6, 6.07) is 5.96. The molecule has 3 aliphatic heterocycles. The van der Waals surface area contributed by atoms with Gasteiger partial charge in [0.2, 0.25) is 11.8 Å². The van der Waals surface area contributed by atoms with Crippen LogP contribution >= 0.6 is 0 Å². The monoisotopic (exact) mass is 369 g/mol. The zero-order chi connectivity index (χ0) is 18.6. The maximum absolute atomic E-state index is 12.8. The minimum atomic E-state index is 0.0419. The molecule has 144 valence electrons. The van der Waals surface area contributed by atoms with Gasteiger partial charge in [0, 0.05) is 43.1 Å². The van der Waals surface area contributed by atoms with E-state index in [4.69, 9.17) is 4.74 Å². The number of hydrogen-bond acceptors (Lipinski definition) is 4. The Morgan fingerprint density at radius 3 is 2.70 bits per heavy atom. The fourth-order valence-corrected chi connectivity index (χ4v) is 5.36. The first-order valence-electron chi connectivity index (χ1n) is 10.1. The molecular formula is C21H27N3O3. The van der Waals surface area contributed by atoms with E-state index in [1.54, 1.807) is 0 Å². The van der Waals surface area contributed by atoms with Gasteiger partial charge in [-0.1, -0.05) is 6.07 Å². The highest BCUT2D eigenvalue weighted by molar-refractivity contribution is 5.83. The molecule has 1 unspecified atom stereocenters. The average Bonchev–Trinajstić information content (AvgIpc) is 2.96. The third-order valence-corrected chi connectivity index (χ3v) is 7.08. The van der Waals surface area contributed by atoms with E-state index in [-0.39, 0.29) is 17.2 Å². The summed E-state index contributed by atoms with van der Waals surface area (Å²) in [5.41, 5.74) is 1.98. The van der Waals surface area contributed by atoms with Crippen molar-refractivity contribution in [3.05, 3.63) is 29.6 Å². The quantitative estimate of drug-likeness (QED) is 0.812. The van der Waals surface area contributed by atoms with E-state index >= 15 is 0 Å². The molecule has 1 spiro atoms.